The number of Topliss-reactive ketones (excluding diaryl/α,β-unsaturated/α-hetero) is 1. The van der Waals surface area contributed by atoms with E-state index in [1.165, 1.54) is 4.90 Å². The Morgan fingerprint density at radius 1 is 1.50 bits per heavy atom. The Bertz CT molecular complexity index is 201. The first kappa shape index (κ1) is 5.70. The summed E-state index contributed by atoms with van der Waals surface area (Å²) in [5, 5.41) is 0. The molecule has 0 aliphatic carbocycles. The van der Waals surface area contributed by atoms with Crippen molar-refractivity contribution in [3.05, 3.63) is 0 Å². The van der Waals surface area contributed by atoms with Gasteiger partial charge in [0.25, 0.3) is 0 Å². The Balaban J connectivity index is 2.19. The fraction of sp³-hybridized carbons (Fsp3) is 0.667. The molecule has 0 spiro atoms. The van der Waals surface area contributed by atoms with Gasteiger partial charge in [-0.2, -0.15) is 0 Å². The van der Waals surface area contributed by atoms with Crippen molar-refractivity contribution in [2.75, 3.05) is 13.2 Å². The van der Waals surface area contributed by atoms with Crippen molar-refractivity contribution in [3.63, 3.8) is 0 Å². The normalized spacial score (nSPS) is 30.8. The second kappa shape index (κ2) is 1.71. The van der Waals surface area contributed by atoms with Gasteiger partial charge in [0, 0.05) is 6.42 Å². The highest BCUT2D eigenvalue weighted by atomic mass is 16.6. The Morgan fingerprint density at radius 3 is 3.00 bits per heavy atom. The molecule has 2 rings (SSSR count). The van der Waals surface area contributed by atoms with Gasteiger partial charge in [-0.3, -0.25) is 9.69 Å². The van der Waals surface area contributed by atoms with Crippen LogP contribution in [-0.2, 0) is 9.53 Å². The third-order valence-electron chi connectivity index (χ3n) is 1.88. The van der Waals surface area contributed by atoms with E-state index in [0.717, 1.165) is 0 Å². The minimum Gasteiger partial charge on any atom is -0.447 e. The van der Waals surface area contributed by atoms with E-state index >= 15 is 0 Å². The lowest BCUT2D eigenvalue weighted by atomic mass is 10.2. The quantitative estimate of drug-likeness (QED) is 0.468. The van der Waals surface area contributed by atoms with Crippen LogP contribution in [0, 0.1) is 0 Å². The molecule has 2 heterocycles. The molecule has 0 radical (unpaired) electrons. The molecule has 0 bridgehead atoms. The molecule has 2 saturated heterocycles. The van der Waals surface area contributed by atoms with Crippen molar-refractivity contribution >= 4 is 11.9 Å². The van der Waals surface area contributed by atoms with Gasteiger partial charge in [0.1, 0.15) is 6.61 Å². The van der Waals surface area contributed by atoms with Crippen LogP contribution in [0.4, 0.5) is 4.79 Å². The maximum absolute atomic E-state index is 10.8. The lowest BCUT2D eigenvalue weighted by Gasteiger charge is -2.06. The van der Waals surface area contributed by atoms with E-state index in [9.17, 15) is 9.59 Å². The number of nitrogens with zero attached hydrogens (tertiary/aromatic N) is 1. The van der Waals surface area contributed by atoms with Crippen molar-refractivity contribution in [3.8, 4) is 0 Å². The van der Waals surface area contributed by atoms with Crippen molar-refractivity contribution in [2.24, 2.45) is 0 Å². The van der Waals surface area contributed by atoms with E-state index in [1.54, 1.807) is 0 Å². The van der Waals surface area contributed by atoms with Crippen molar-refractivity contribution in [1.82, 2.24) is 4.90 Å². The van der Waals surface area contributed by atoms with Gasteiger partial charge in [-0.25, -0.2) is 4.79 Å². The highest BCUT2D eigenvalue weighted by Gasteiger charge is 2.40. The molecule has 2 aliphatic heterocycles. The molecule has 4 heteroatoms. The highest BCUT2D eigenvalue weighted by molar-refractivity contribution is 5.89. The third-order valence-corrected chi connectivity index (χ3v) is 1.88. The molecule has 0 saturated carbocycles. The zero-order valence-corrected chi connectivity index (χ0v) is 5.37. The number of ether oxygens (including phenoxy) is 1. The lowest BCUT2D eigenvalue weighted by molar-refractivity contribution is -0.117. The summed E-state index contributed by atoms with van der Waals surface area (Å²) in [6.45, 7) is 0.647. The molecule has 0 N–H and O–H groups in total. The molecule has 54 valence electrons. The Morgan fingerprint density at radius 2 is 2.30 bits per heavy atom. The number of ketones is 1. The second-order valence-electron chi connectivity index (χ2n) is 2.60. The fourth-order valence-corrected chi connectivity index (χ4v) is 1.37. The van der Waals surface area contributed by atoms with Gasteiger partial charge < -0.3 is 4.74 Å². The monoisotopic (exact) mass is 141 g/mol. The maximum Gasteiger partial charge on any atom is 0.410 e. The first-order chi connectivity index (χ1) is 4.77. The van der Waals surface area contributed by atoms with Crippen molar-refractivity contribution < 1.29 is 14.3 Å². The maximum atomic E-state index is 10.8. The van der Waals surface area contributed by atoms with Gasteiger partial charge in [0.2, 0.25) is 0 Å². The molecular weight excluding hydrogens is 134 g/mol. The van der Waals surface area contributed by atoms with Crippen LogP contribution < -0.4 is 0 Å². The molecular formula is C6H7NO3. The first-order valence-corrected chi connectivity index (χ1v) is 3.22. The van der Waals surface area contributed by atoms with Crippen LogP contribution in [0.25, 0.3) is 0 Å². The van der Waals surface area contributed by atoms with Crippen LogP contribution in [-0.4, -0.2) is 36.0 Å². The molecule has 2 fully saturated rings. The number of hydrogen-bond acceptors (Lipinski definition) is 3. The molecule has 0 aromatic rings. The van der Waals surface area contributed by atoms with Crippen LogP contribution in [0.2, 0.25) is 0 Å². The van der Waals surface area contributed by atoms with Gasteiger partial charge in [-0.1, -0.05) is 0 Å². The highest BCUT2D eigenvalue weighted by Crippen LogP contribution is 2.21. The molecule has 1 atom stereocenters. The lowest BCUT2D eigenvalue weighted by Crippen LogP contribution is -2.27. The number of fused-ring (bicyclic) bond motifs is 1. The zero-order valence-electron chi connectivity index (χ0n) is 5.37. The zero-order chi connectivity index (χ0) is 7.14. The van der Waals surface area contributed by atoms with E-state index in [4.69, 9.17) is 4.74 Å². The fourth-order valence-electron chi connectivity index (χ4n) is 1.37. The van der Waals surface area contributed by atoms with E-state index in [-0.39, 0.29) is 24.5 Å². The van der Waals surface area contributed by atoms with E-state index in [1.807, 2.05) is 0 Å². The van der Waals surface area contributed by atoms with E-state index in [2.05, 4.69) is 0 Å². The average molecular weight is 141 g/mol. The van der Waals surface area contributed by atoms with Crippen LogP contribution in [0.1, 0.15) is 6.42 Å². The number of carbonyl (C=O) groups is 2. The predicted octanol–water partition coefficient (Wildman–Crippen LogP) is -0.220. The summed E-state index contributed by atoms with van der Waals surface area (Å²) in [7, 11) is 0. The molecule has 4 nitrogen and oxygen atoms in total. The summed E-state index contributed by atoms with van der Waals surface area (Å²) in [4.78, 5) is 23.0. The largest absolute Gasteiger partial charge is 0.447 e. The summed E-state index contributed by atoms with van der Waals surface area (Å²) in [6, 6.07) is 0.0417. The van der Waals surface area contributed by atoms with Crippen molar-refractivity contribution in [1.29, 1.82) is 0 Å². The molecule has 0 aromatic heterocycles. The summed E-state index contributed by atoms with van der Waals surface area (Å²) in [5.74, 6) is 0.140. The van der Waals surface area contributed by atoms with Crippen LogP contribution >= 0.6 is 0 Å². The number of rotatable bonds is 0. The summed E-state index contributed by atoms with van der Waals surface area (Å²) < 4.78 is 4.70. The first-order valence-electron chi connectivity index (χ1n) is 3.22. The smallest absolute Gasteiger partial charge is 0.410 e. The predicted molar refractivity (Wildman–Crippen MR) is 31.5 cm³/mol. The SMILES string of the molecule is O=C1CC2COC(=O)N2C1. The van der Waals surface area contributed by atoms with Gasteiger partial charge >= 0.3 is 6.09 Å². The standard InChI is InChI=1S/C6H7NO3/c8-5-1-4-3-10-6(9)7(4)2-5/h4H,1-3H2. The van der Waals surface area contributed by atoms with Gasteiger partial charge in [0.15, 0.2) is 5.78 Å². The van der Waals surface area contributed by atoms with Crippen LogP contribution in [0.3, 0.4) is 0 Å². The second-order valence-corrected chi connectivity index (χ2v) is 2.60. The summed E-state index contributed by atoms with van der Waals surface area (Å²) >= 11 is 0. The summed E-state index contributed by atoms with van der Waals surface area (Å²) in [6.07, 6.45) is 0.141. The molecule has 10 heavy (non-hydrogen) atoms. The van der Waals surface area contributed by atoms with Gasteiger partial charge in [-0.15, -0.1) is 0 Å². The minimum atomic E-state index is -0.337. The van der Waals surface area contributed by atoms with Crippen molar-refractivity contribution in [2.45, 2.75) is 12.5 Å². The van der Waals surface area contributed by atoms with Gasteiger partial charge in [-0.05, 0) is 0 Å². The Kier molecular flexibility index (Phi) is 0.977. The van der Waals surface area contributed by atoms with Crippen LogP contribution in [0.5, 0.6) is 0 Å². The number of amides is 1. The summed E-state index contributed by atoms with van der Waals surface area (Å²) in [5.41, 5.74) is 0. The van der Waals surface area contributed by atoms with E-state index < -0.39 is 0 Å². The van der Waals surface area contributed by atoms with Gasteiger partial charge in [0.05, 0.1) is 12.6 Å². The molecule has 2 aliphatic rings. The number of carbonyl (C=O) groups excluding carboxylic acids is 2. The topological polar surface area (TPSA) is 46.6 Å². The van der Waals surface area contributed by atoms with Crippen LogP contribution in [0.15, 0.2) is 0 Å². The van der Waals surface area contributed by atoms with E-state index in [0.29, 0.717) is 13.0 Å². The average Bonchev–Trinajstić information content (AvgIpc) is 2.35. The Labute approximate surface area is 57.7 Å². The minimum absolute atomic E-state index is 0.0417. The molecule has 1 amide bonds. The Hall–Kier alpha value is -1.06. The molecule has 0 aromatic carbocycles. The third kappa shape index (κ3) is 0.616. The number of cyclic esters (lactones) is 1. The molecule has 1 unspecified atom stereocenters. The number of hydrogen-bond donors (Lipinski definition) is 0.